The normalized spacial score (nSPS) is 10.7. The zero-order valence-electron chi connectivity index (χ0n) is 10.8. The minimum atomic E-state index is 0.721. The molecular weight excluding hydrogens is 314 g/mol. The molecule has 0 saturated heterocycles. The van der Waals surface area contributed by atoms with Crippen molar-refractivity contribution in [3.8, 4) is 0 Å². The predicted octanol–water partition coefficient (Wildman–Crippen LogP) is 4.19. The van der Waals surface area contributed by atoms with Gasteiger partial charge in [-0.3, -0.25) is 0 Å². The Morgan fingerprint density at radius 3 is 2.60 bits per heavy atom. The summed E-state index contributed by atoms with van der Waals surface area (Å²) >= 11 is 3.57. The number of pyridine rings is 1. The highest BCUT2D eigenvalue weighted by molar-refractivity contribution is 9.10. The van der Waals surface area contributed by atoms with Crippen molar-refractivity contribution in [2.24, 2.45) is 0 Å². The predicted molar refractivity (Wildman–Crippen MR) is 87.6 cm³/mol. The number of benzene rings is 2. The molecule has 0 amide bonds. The zero-order chi connectivity index (χ0) is 13.9. The SMILES string of the molecule is Nc1ccc(CNc2nccc3c(Br)cccc23)cc1. The van der Waals surface area contributed by atoms with Crippen LogP contribution in [0, 0.1) is 0 Å². The second-order valence-corrected chi connectivity index (χ2v) is 5.44. The molecule has 1 heterocycles. The van der Waals surface area contributed by atoms with Crippen LogP contribution in [0.3, 0.4) is 0 Å². The molecule has 0 radical (unpaired) electrons. The first-order valence-electron chi connectivity index (χ1n) is 6.35. The summed E-state index contributed by atoms with van der Waals surface area (Å²) in [5.41, 5.74) is 7.64. The molecule has 1 aromatic heterocycles. The fourth-order valence-electron chi connectivity index (χ4n) is 2.13. The number of aromatic nitrogens is 1. The van der Waals surface area contributed by atoms with Crippen molar-refractivity contribution in [1.29, 1.82) is 0 Å². The minimum Gasteiger partial charge on any atom is -0.399 e. The van der Waals surface area contributed by atoms with Gasteiger partial charge in [0, 0.05) is 33.7 Å². The van der Waals surface area contributed by atoms with Crippen molar-refractivity contribution in [2.75, 3.05) is 11.1 Å². The Bertz CT molecular complexity index is 738. The van der Waals surface area contributed by atoms with Crippen molar-refractivity contribution in [3.05, 3.63) is 64.8 Å². The number of nitrogens with two attached hydrogens (primary N) is 1. The van der Waals surface area contributed by atoms with E-state index in [4.69, 9.17) is 5.73 Å². The molecule has 0 aliphatic carbocycles. The number of hydrogen-bond acceptors (Lipinski definition) is 3. The third-order valence-electron chi connectivity index (χ3n) is 3.19. The van der Waals surface area contributed by atoms with E-state index in [1.165, 1.54) is 5.56 Å². The molecule has 0 fully saturated rings. The van der Waals surface area contributed by atoms with Crippen molar-refractivity contribution < 1.29 is 0 Å². The maximum Gasteiger partial charge on any atom is 0.134 e. The first-order chi connectivity index (χ1) is 9.74. The molecule has 3 N–H and O–H groups in total. The van der Waals surface area contributed by atoms with Gasteiger partial charge in [-0.2, -0.15) is 0 Å². The molecule has 100 valence electrons. The molecule has 0 atom stereocenters. The molecule has 0 spiro atoms. The van der Waals surface area contributed by atoms with E-state index < -0.39 is 0 Å². The average molecular weight is 328 g/mol. The first-order valence-corrected chi connectivity index (χ1v) is 7.15. The molecule has 20 heavy (non-hydrogen) atoms. The third kappa shape index (κ3) is 2.60. The van der Waals surface area contributed by atoms with E-state index in [1.807, 2.05) is 48.7 Å². The Morgan fingerprint density at radius 1 is 1.00 bits per heavy atom. The number of nitrogen functional groups attached to an aromatic ring is 1. The van der Waals surface area contributed by atoms with Gasteiger partial charge < -0.3 is 11.1 Å². The van der Waals surface area contributed by atoms with Crippen molar-refractivity contribution in [1.82, 2.24) is 4.98 Å². The number of fused-ring (bicyclic) bond motifs is 1. The highest BCUT2D eigenvalue weighted by atomic mass is 79.9. The Morgan fingerprint density at radius 2 is 1.80 bits per heavy atom. The van der Waals surface area contributed by atoms with Gasteiger partial charge in [0.15, 0.2) is 0 Å². The van der Waals surface area contributed by atoms with Crippen LogP contribution in [-0.2, 0) is 6.54 Å². The molecule has 0 aliphatic rings. The number of hydrogen-bond donors (Lipinski definition) is 2. The Balaban J connectivity index is 1.88. The first kappa shape index (κ1) is 12.9. The summed E-state index contributed by atoms with van der Waals surface area (Å²) in [4.78, 5) is 4.42. The van der Waals surface area contributed by atoms with Crippen LogP contribution in [0.25, 0.3) is 10.8 Å². The van der Waals surface area contributed by atoms with Gasteiger partial charge in [-0.25, -0.2) is 4.98 Å². The van der Waals surface area contributed by atoms with E-state index in [2.05, 4.69) is 32.3 Å². The lowest BCUT2D eigenvalue weighted by molar-refractivity contribution is 1.12. The highest BCUT2D eigenvalue weighted by Crippen LogP contribution is 2.27. The fourth-order valence-corrected chi connectivity index (χ4v) is 2.63. The second kappa shape index (κ2) is 5.51. The van der Waals surface area contributed by atoms with Gasteiger partial charge in [0.05, 0.1) is 0 Å². The van der Waals surface area contributed by atoms with Crippen molar-refractivity contribution >= 4 is 38.2 Å². The van der Waals surface area contributed by atoms with Crippen LogP contribution in [0.2, 0.25) is 0 Å². The summed E-state index contributed by atoms with van der Waals surface area (Å²) in [6.07, 6.45) is 1.82. The fraction of sp³-hybridized carbons (Fsp3) is 0.0625. The molecule has 0 bridgehead atoms. The van der Waals surface area contributed by atoms with E-state index >= 15 is 0 Å². The van der Waals surface area contributed by atoms with Crippen LogP contribution in [0.1, 0.15) is 5.56 Å². The third-order valence-corrected chi connectivity index (χ3v) is 3.88. The molecule has 0 unspecified atom stereocenters. The molecule has 4 heteroatoms. The van der Waals surface area contributed by atoms with Gasteiger partial charge >= 0.3 is 0 Å². The monoisotopic (exact) mass is 327 g/mol. The average Bonchev–Trinajstić information content (AvgIpc) is 2.47. The van der Waals surface area contributed by atoms with E-state index in [1.54, 1.807) is 0 Å². The van der Waals surface area contributed by atoms with Gasteiger partial charge in [0.1, 0.15) is 5.82 Å². The Labute approximate surface area is 126 Å². The standard InChI is InChI=1S/C16H14BrN3/c17-15-3-1-2-14-13(15)8-9-19-16(14)20-10-11-4-6-12(18)7-5-11/h1-9H,10,18H2,(H,19,20). The van der Waals surface area contributed by atoms with Gasteiger partial charge in [-0.15, -0.1) is 0 Å². The summed E-state index contributed by atoms with van der Waals surface area (Å²) in [6.45, 7) is 0.721. The molecule has 0 saturated carbocycles. The lowest BCUT2D eigenvalue weighted by Gasteiger charge is -2.09. The van der Waals surface area contributed by atoms with Gasteiger partial charge in [0.2, 0.25) is 0 Å². The summed E-state index contributed by atoms with van der Waals surface area (Å²) in [5.74, 6) is 0.889. The summed E-state index contributed by atoms with van der Waals surface area (Å²) < 4.78 is 1.08. The number of anilines is 2. The largest absolute Gasteiger partial charge is 0.399 e. The smallest absolute Gasteiger partial charge is 0.134 e. The van der Waals surface area contributed by atoms with E-state index in [9.17, 15) is 0 Å². The zero-order valence-corrected chi connectivity index (χ0v) is 12.4. The Hall–Kier alpha value is -2.07. The summed E-state index contributed by atoms with van der Waals surface area (Å²) in [6, 6.07) is 16.0. The Kier molecular flexibility index (Phi) is 3.56. The van der Waals surface area contributed by atoms with Crippen LogP contribution in [0.15, 0.2) is 59.2 Å². The van der Waals surface area contributed by atoms with Crippen LogP contribution in [-0.4, -0.2) is 4.98 Å². The van der Waals surface area contributed by atoms with Crippen LogP contribution in [0.4, 0.5) is 11.5 Å². The van der Waals surface area contributed by atoms with Crippen LogP contribution < -0.4 is 11.1 Å². The minimum absolute atomic E-state index is 0.721. The topological polar surface area (TPSA) is 50.9 Å². The number of rotatable bonds is 3. The van der Waals surface area contributed by atoms with Gasteiger partial charge in [-0.05, 0) is 29.8 Å². The molecular formula is C16H14BrN3. The quantitative estimate of drug-likeness (QED) is 0.709. The lowest BCUT2D eigenvalue weighted by atomic mass is 10.1. The van der Waals surface area contributed by atoms with E-state index in [0.29, 0.717) is 0 Å². The molecule has 3 aromatic rings. The van der Waals surface area contributed by atoms with E-state index in [0.717, 1.165) is 33.3 Å². The van der Waals surface area contributed by atoms with Crippen molar-refractivity contribution in [2.45, 2.75) is 6.54 Å². The summed E-state index contributed by atoms with van der Waals surface area (Å²) in [5, 5.41) is 5.64. The molecule has 3 rings (SSSR count). The number of nitrogens with zero attached hydrogens (tertiary/aromatic N) is 1. The van der Waals surface area contributed by atoms with Gasteiger partial charge in [-0.1, -0.05) is 40.2 Å². The molecule has 3 nitrogen and oxygen atoms in total. The highest BCUT2D eigenvalue weighted by Gasteiger charge is 2.04. The van der Waals surface area contributed by atoms with Crippen LogP contribution in [0.5, 0.6) is 0 Å². The second-order valence-electron chi connectivity index (χ2n) is 4.59. The van der Waals surface area contributed by atoms with Crippen LogP contribution >= 0.6 is 15.9 Å². The number of halogens is 1. The lowest BCUT2D eigenvalue weighted by Crippen LogP contribution is -2.02. The molecule has 2 aromatic carbocycles. The maximum absolute atomic E-state index is 5.69. The summed E-state index contributed by atoms with van der Waals surface area (Å²) in [7, 11) is 0. The van der Waals surface area contributed by atoms with Crippen molar-refractivity contribution in [3.63, 3.8) is 0 Å². The van der Waals surface area contributed by atoms with E-state index in [-0.39, 0.29) is 0 Å². The maximum atomic E-state index is 5.69. The number of nitrogens with one attached hydrogen (secondary N) is 1. The molecule has 0 aliphatic heterocycles. The van der Waals surface area contributed by atoms with Gasteiger partial charge in [0.25, 0.3) is 0 Å².